The van der Waals surface area contributed by atoms with Gasteiger partial charge in [0.15, 0.2) is 5.76 Å². The molecule has 1 aliphatic carbocycles. The molecular formula is C20H22N2O4. The monoisotopic (exact) mass is 354 g/mol. The summed E-state index contributed by atoms with van der Waals surface area (Å²) in [5.41, 5.74) is 3.37. The Hall–Kier alpha value is -2.76. The molecule has 0 bridgehead atoms. The van der Waals surface area contributed by atoms with Gasteiger partial charge < -0.3 is 19.7 Å². The van der Waals surface area contributed by atoms with Gasteiger partial charge in [0, 0.05) is 29.9 Å². The van der Waals surface area contributed by atoms with Gasteiger partial charge in [0.1, 0.15) is 0 Å². The number of amides is 1. The van der Waals surface area contributed by atoms with Gasteiger partial charge in [-0.15, -0.1) is 0 Å². The highest BCUT2D eigenvalue weighted by molar-refractivity contribution is 5.93. The van der Waals surface area contributed by atoms with Crippen molar-refractivity contribution in [1.29, 1.82) is 0 Å². The smallest absolute Gasteiger partial charge is 0.306 e. The quantitative estimate of drug-likeness (QED) is 0.863. The minimum absolute atomic E-state index is 0.0898. The van der Waals surface area contributed by atoms with E-state index in [2.05, 4.69) is 35.3 Å². The zero-order valence-electron chi connectivity index (χ0n) is 14.6. The van der Waals surface area contributed by atoms with E-state index in [4.69, 9.17) is 9.52 Å². The Morgan fingerprint density at radius 2 is 2.04 bits per heavy atom. The van der Waals surface area contributed by atoms with Crippen LogP contribution in [0.25, 0.3) is 0 Å². The normalized spacial score (nSPS) is 24.0. The number of para-hydroxylation sites is 1. The van der Waals surface area contributed by atoms with Gasteiger partial charge in [-0.2, -0.15) is 0 Å². The molecule has 1 aliphatic heterocycles. The Morgan fingerprint density at radius 1 is 1.27 bits per heavy atom. The molecule has 2 aliphatic rings. The first-order chi connectivity index (χ1) is 12.5. The average molecular weight is 354 g/mol. The third kappa shape index (κ3) is 2.96. The molecule has 136 valence electrons. The highest BCUT2D eigenvalue weighted by Crippen LogP contribution is 2.34. The standard InChI is InChI=1S/C20H22N2O4/c1-12-8-13-4-2-3-5-17(13)22(12)11-14-6-7-26-18(14)19(23)21-16-9-15(10-16)20(24)25/h2-7,12,15-16H,8-11H2,1H3,(H,21,23)(H,24,25). The number of nitrogens with zero attached hydrogens (tertiary/aromatic N) is 1. The van der Waals surface area contributed by atoms with Gasteiger partial charge in [0.25, 0.3) is 5.91 Å². The summed E-state index contributed by atoms with van der Waals surface area (Å²) in [6.45, 7) is 2.79. The Morgan fingerprint density at radius 3 is 2.81 bits per heavy atom. The van der Waals surface area contributed by atoms with Crippen molar-refractivity contribution in [3.8, 4) is 0 Å². The molecule has 26 heavy (non-hydrogen) atoms. The lowest BCUT2D eigenvalue weighted by molar-refractivity contribution is -0.145. The summed E-state index contributed by atoms with van der Waals surface area (Å²) < 4.78 is 5.45. The molecule has 1 unspecified atom stereocenters. The molecule has 1 aromatic heterocycles. The first-order valence-corrected chi connectivity index (χ1v) is 8.97. The van der Waals surface area contributed by atoms with Crippen LogP contribution in [0.5, 0.6) is 0 Å². The van der Waals surface area contributed by atoms with Crippen LogP contribution < -0.4 is 10.2 Å². The highest BCUT2D eigenvalue weighted by atomic mass is 16.4. The molecule has 0 spiro atoms. The third-order valence-corrected chi connectivity index (χ3v) is 5.46. The van der Waals surface area contributed by atoms with E-state index in [-0.39, 0.29) is 17.9 Å². The molecule has 6 nitrogen and oxygen atoms in total. The predicted molar refractivity (Wildman–Crippen MR) is 96.1 cm³/mol. The fraction of sp³-hybridized carbons (Fsp3) is 0.400. The molecule has 1 amide bonds. The predicted octanol–water partition coefficient (Wildman–Crippen LogP) is 2.82. The van der Waals surface area contributed by atoms with Gasteiger partial charge in [-0.3, -0.25) is 9.59 Å². The molecule has 0 saturated heterocycles. The second-order valence-electron chi connectivity index (χ2n) is 7.26. The number of fused-ring (bicyclic) bond motifs is 1. The van der Waals surface area contributed by atoms with Crippen molar-refractivity contribution >= 4 is 17.6 Å². The Kier molecular flexibility index (Phi) is 4.18. The van der Waals surface area contributed by atoms with Crippen LogP contribution in [0, 0.1) is 5.92 Å². The first kappa shape index (κ1) is 16.7. The van der Waals surface area contributed by atoms with Crippen molar-refractivity contribution in [2.75, 3.05) is 4.90 Å². The molecule has 2 N–H and O–H groups in total. The van der Waals surface area contributed by atoms with E-state index in [1.165, 1.54) is 17.5 Å². The van der Waals surface area contributed by atoms with E-state index in [1.807, 2.05) is 12.1 Å². The number of hydrogen-bond acceptors (Lipinski definition) is 4. The van der Waals surface area contributed by atoms with Crippen LogP contribution in [0.1, 0.15) is 41.4 Å². The molecular weight excluding hydrogens is 332 g/mol. The van der Waals surface area contributed by atoms with Gasteiger partial charge in [0.05, 0.1) is 12.2 Å². The van der Waals surface area contributed by atoms with Gasteiger partial charge >= 0.3 is 5.97 Å². The van der Waals surface area contributed by atoms with Crippen molar-refractivity contribution in [3.05, 3.63) is 53.5 Å². The number of benzene rings is 1. The molecule has 1 aromatic carbocycles. The zero-order valence-corrected chi connectivity index (χ0v) is 14.6. The topological polar surface area (TPSA) is 82.8 Å². The molecule has 2 heterocycles. The van der Waals surface area contributed by atoms with Crippen LogP contribution in [0.15, 0.2) is 41.0 Å². The summed E-state index contributed by atoms with van der Waals surface area (Å²) >= 11 is 0. The summed E-state index contributed by atoms with van der Waals surface area (Å²) in [7, 11) is 0. The fourth-order valence-corrected chi connectivity index (χ4v) is 3.90. The summed E-state index contributed by atoms with van der Waals surface area (Å²) in [4.78, 5) is 25.7. The molecule has 1 atom stereocenters. The number of aliphatic carboxylic acids is 1. The summed E-state index contributed by atoms with van der Waals surface area (Å²) in [6.07, 6.45) is 3.49. The Labute approximate surface area is 151 Å². The van der Waals surface area contributed by atoms with Crippen molar-refractivity contribution in [3.63, 3.8) is 0 Å². The number of carboxylic acid groups (broad SMARTS) is 1. The molecule has 1 fully saturated rings. The lowest BCUT2D eigenvalue weighted by Crippen LogP contribution is -2.46. The number of hydrogen-bond donors (Lipinski definition) is 2. The maximum atomic E-state index is 12.5. The van der Waals surface area contributed by atoms with E-state index in [1.54, 1.807) is 0 Å². The molecule has 6 heteroatoms. The van der Waals surface area contributed by atoms with E-state index in [0.29, 0.717) is 31.2 Å². The number of anilines is 1. The van der Waals surface area contributed by atoms with Crippen LogP contribution in [0.3, 0.4) is 0 Å². The van der Waals surface area contributed by atoms with Crippen LogP contribution in [0.2, 0.25) is 0 Å². The van der Waals surface area contributed by atoms with Crippen molar-refractivity contribution in [2.45, 2.75) is 44.8 Å². The summed E-state index contributed by atoms with van der Waals surface area (Å²) in [6, 6.07) is 10.4. The summed E-state index contributed by atoms with van der Waals surface area (Å²) in [5.74, 6) is -1.09. The number of nitrogens with one attached hydrogen (secondary N) is 1. The largest absolute Gasteiger partial charge is 0.481 e. The van der Waals surface area contributed by atoms with Crippen molar-refractivity contribution in [2.24, 2.45) is 5.92 Å². The third-order valence-electron chi connectivity index (χ3n) is 5.46. The number of furan rings is 1. The fourth-order valence-electron chi connectivity index (χ4n) is 3.90. The molecule has 2 aromatic rings. The lowest BCUT2D eigenvalue weighted by atomic mass is 9.80. The van der Waals surface area contributed by atoms with Crippen molar-refractivity contribution < 1.29 is 19.1 Å². The van der Waals surface area contributed by atoms with E-state index in [0.717, 1.165) is 12.0 Å². The summed E-state index contributed by atoms with van der Waals surface area (Å²) in [5, 5.41) is 11.8. The minimum atomic E-state index is -0.795. The number of carboxylic acids is 1. The van der Waals surface area contributed by atoms with Crippen LogP contribution >= 0.6 is 0 Å². The SMILES string of the molecule is CC1Cc2ccccc2N1Cc1ccoc1C(=O)NC1CC(C(=O)O)C1. The first-order valence-electron chi connectivity index (χ1n) is 8.97. The lowest BCUT2D eigenvalue weighted by Gasteiger charge is -2.32. The number of carbonyl (C=O) groups excluding carboxylic acids is 1. The Bertz CT molecular complexity index is 838. The second kappa shape index (κ2) is 6.52. The second-order valence-corrected chi connectivity index (χ2v) is 7.26. The minimum Gasteiger partial charge on any atom is -0.481 e. The van der Waals surface area contributed by atoms with Crippen molar-refractivity contribution in [1.82, 2.24) is 5.32 Å². The van der Waals surface area contributed by atoms with Crippen LogP contribution in [0.4, 0.5) is 5.69 Å². The van der Waals surface area contributed by atoms with Gasteiger partial charge in [0.2, 0.25) is 0 Å². The molecule has 4 rings (SSSR count). The van der Waals surface area contributed by atoms with E-state index >= 15 is 0 Å². The average Bonchev–Trinajstić information content (AvgIpc) is 3.15. The highest BCUT2D eigenvalue weighted by Gasteiger charge is 2.36. The van der Waals surface area contributed by atoms with Gasteiger partial charge in [-0.25, -0.2) is 0 Å². The number of rotatable bonds is 5. The van der Waals surface area contributed by atoms with E-state index in [9.17, 15) is 9.59 Å². The maximum Gasteiger partial charge on any atom is 0.306 e. The number of carbonyl (C=O) groups is 2. The molecule has 1 saturated carbocycles. The Balaban J connectivity index is 1.44. The maximum absolute atomic E-state index is 12.5. The van der Waals surface area contributed by atoms with Gasteiger partial charge in [-0.1, -0.05) is 18.2 Å². The van der Waals surface area contributed by atoms with Crippen LogP contribution in [-0.4, -0.2) is 29.1 Å². The van der Waals surface area contributed by atoms with Gasteiger partial charge in [-0.05, 0) is 43.9 Å². The zero-order chi connectivity index (χ0) is 18.3. The van der Waals surface area contributed by atoms with E-state index < -0.39 is 5.97 Å². The van der Waals surface area contributed by atoms with Crippen LogP contribution in [-0.2, 0) is 17.8 Å². The molecule has 0 radical (unpaired) electrons.